The fourth-order valence-corrected chi connectivity index (χ4v) is 2.86. The Morgan fingerprint density at radius 3 is 2.80 bits per heavy atom. The van der Waals surface area contributed by atoms with E-state index >= 15 is 0 Å². The number of hydrogen-bond acceptors (Lipinski definition) is 4. The van der Waals surface area contributed by atoms with Gasteiger partial charge in [-0.2, -0.15) is 5.10 Å². The molecule has 0 spiro atoms. The molecule has 1 fully saturated rings. The molecule has 1 heterocycles. The molecular formula is C14H23BrN4O. The van der Waals surface area contributed by atoms with E-state index in [0.29, 0.717) is 11.6 Å². The lowest BCUT2D eigenvalue weighted by Crippen LogP contribution is -2.35. The molecule has 6 heteroatoms. The molecule has 1 atom stereocenters. The van der Waals surface area contributed by atoms with Gasteiger partial charge >= 0.3 is 0 Å². The minimum Gasteiger partial charge on any atom is -0.376 e. The third-order valence-corrected chi connectivity index (χ3v) is 4.28. The molecule has 1 N–H and O–H groups in total. The van der Waals surface area contributed by atoms with Crippen molar-refractivity contribution in [1.82, 2.24) is 14.7 Å². The summed E-state index contributed by atoms with van der Waals surface area (Å²) in [5.74, 6) is 0.619. The molecule has 0 aliphatic heterocycles. The first kappa shape index (κ1) is 15.5. The minimum atomic E-state index is -0.0307. The lowest BCUT2D eigenvalue weighted by atomic mass is 9.85. The van der Waals surface area contributed by atoms with Crippen LogP contribution in [0.5, 0.6) is 0 Å². The SMILES string of the molecule is CC(CN(C)C)Nc1c(Br)cnn(CC2CCC2)c1=O. The van der Waals surface area contributed by atoms with E-state index < -0.39 is 0 Å². The Bertz CT molecular complexity index is 510. The average molecular weight is 343 g/mol. The molecule has 2 rings (SSSR count). The largest absolute Gasteiger partial charge is 0.376 e. The van der Waals surface area contributed by atoms with E-state index in [0.717, 1.165) is 17.6 Å². The summed E-state index contributed by atoms with van der Waals surface area (Å²) in [6, 6.07) is 0.202. The summed E-state index contributed by atoms with van der Waals surface area (Å²) in [6.07, 6.45) is 5.42. The van der Waals surface area contributed by atoms with Crippen LogP contribution in [0.15, 0.2) is 15.5 Å². The smallest absolute Gasteiger partial charge is 0.291 e. The molecule has 0 amide bonds. The van der Waals surface area contributed by atoms with Gasteiger partial charge in [-0.15, -0.1) is 0 Å². The maximum atomic E-state index is 12.5. The van der Waals surface area contributed by atoms with E-state index in [1.165, 1.54) is 19.3 Å². The van der Waals surface area contributed by atoms with Crippen LogP contribution in [0.4, 0.5) is 5.69 Å². The van der Waals surface area contributed by atoms with Gasteiger partial charge in [0.15, 0.2) is 0 Å². The number of likely N-dealkylation sites (N-methyl/N-ethyl adjacent to an activating group) is 1. The third kappa shape index (κ3) is 3.82. The molecular weight excluding hydrogens is 320 g/mol. The first-order chi connectivity index (χ1) is 9.47. The maximum Gasteiger partial charge on any atom is 0.291 e. The second-order valence-corrected chi connectivity index (χ2v) is 6.81. The minimum absolute atomic E-state index is 0.0307. The molecule has 1 aliphatic carbocycles. The Morgan fingerprint density at radius 1 is 1.55 bits per heavy atom. The van der Waals surface area contributed by atoms with Crippen molar-refractivity contribution in [3.63, 3.8) is 0 Å². The summed E-state index contributed by atoms with van der Waals surface area (Å²) >= 11 is 3.42. The highest BCUT2D eigenvalue weighted by Gasteiger charge is 2.20. The number of rotatable bonds is 6. The quantitative estimate of drug-likeness (QED) is 0.860. The molecule has 20 heavy (non-hydrogen) atoms. The van der Waals surface area contributed by atoms with Crippen LogP contribution in [0.3, 0.4) is 0 Å². The first-order valence-electron chi connectivity index (χ1n) is 7.14. The van der Waals surface area contributed by atoms with Crippen LogP contribution in [0, 0.1) is 5.92 Å². The van der Waals surface area contributed by atoms with Gasteiger partial charge in [0.1, 0.15) is 5.69 Å². The Balaban J connectivity index is 2.14. The normalized spacial score (nSPS) is 17.1. The average Bonchev–Trinajstić information content (AvgIpc) is 2.30. The van der Waals surface area contributed by atoms with Crippen LogP contribution in [-0.4, -0.2) is 41.4 Å². The second-order valence-electron chi connectivity index (χ2n) is 5.96. The predicted molar refractivity (Wildman–Crippen MR) is 85.2 cm³/mol. The highest BCUT2D eigenvalue weighted by atomic mass is 79.9. The molecule has 112 valence electrons. The zero-order valence-corrected chi connectivity index (χ0v) is 14.0. The van der Waals surface area contributed by atoms with Gasteiger partial charge in [0.05, 0.1) is 10.7 Å². The van der Waals surface area contributed by atoms with Crippen molar-refractivity contribution >= 4 is 21.6 Å². The van der Waals surface area contributed by atoms with Crippen LogP contribution in [0.2, 0.25) is 0 Å². The lowest BCUT2D eigenvalue weighted by molar-refractivity contribution is 0.262. The highest BCUT2D eigenvalue weighted by Crippen LogP contribution is 2.27. The van der Waals surface area contributed by atoms with E-state index in [4.69, 9.17) is 0 Å². The van der Waals surface area contributed by atoms with Gasteiger partial charge in [0.25, 0.3) is 5.56 Å². The van der Waals surface area contributed by atoms with Gasteiger partial charge in [0, 0.05) is 19.1 Å². The van der Waals surface area contributed by atoms with Crippen molar-refractivity contribution in [1.29, 1.82) is 0 Å². The number of halogens is 1. The monoisotopic (exact) mass is 342 g/mol. The summed E-state index contributed by atoms with van der Waals surface area (Å²) in [6.45, 7) is 3.68. The molecule has 1 aliphatic rings. The van der Waals surface area contributed by atoms with Crippen molar-refractivity contribution in [3.05, 3.63) is 21.0 Å². The number of anilines is 1. The standard InChI is InChI=1S/C14H23BrN4O/c1-10(8-18(2)3)17-13-12(15)7-16-19(14(13)20)9-11-5-4-6-11/h7,10-11,17H,4-6,8-9H2,1-3H3. The molecule has 1 saturated carbocycles. The van der Waals surface area contributed by atoms with Crippen LogP contribution in [-0.2, 0) is 6.54 Å². The van der Waals surface area contributed by atoms with Gasteiger partial charge in [0.2, 0.25) is 0 Å². The van der Waals surface area contributed by atoms with Gasteiger partial charge in [-0.05, 0) is 55.7 Å². The van der Waals surface area contributed by atoms with E-state index in [-0.39, 0.29) is 11.6 Å². The van der Waals surface area contributed by atoms with Gasteiger partial charge in [-0.25, -0.2) is 4.68 Å². The first-order valence-corrected chi connectivity index (χ1v) is 7.93. The lowest BCUT2D eigenvalue weighted by Gasteiger charge is -2.26. The van der Waals surface area contributed by atoms with Gasteiger partial charge in [-0.3, -0.25) is 4.79 Å². The summed E-state index contributed by atoms with van der Waals surface area (Å²) in [5, 5.41) is 7.53. The molecule has 0 saturated heterocycles. The van der Waals surface area contributed by atoms with Crippen molar-refractivity contribution < 1.29 is 0 Å². The van der Waals surface area contributed by atoms with Crippen molar-refractivity contribution in [3.8, 4) is 0 Å². The van der Waals surface area contributed by atoms with Crippen LogP contribution >= 0.6 is 15.9 Å². The summed E-state index contributed by atoms with van der Waals surface area (Å²) in [5.41, 5.74) is 0.588. The highest BCUT2D eigenvalue weighted by molar-refractivity contribution is 9.10. The van der Waals surface area contributed by atoms with E-state index in [9.17, 15) is 4.79 Å². The topological polar surface area (TPSA) is 50.2 Å². The zero-order valence-electron chi connectivity index (χ0n) is 12.4. The van der Waals surface area contributed by atoms with Gasteiger partial charge in [-0.1, -0.05) is 6.42 Å². The van der Waals surface area contributed by atoms with E-state index in [1.54, 1.807) is 10.9 Å². The van der Waals surface area contributed by atoms with Crippen LogP contribution < -0.4 is 10.9 Å². The summed E-state index contributed by atoms with van der Waals surface area (Å²) < 4.78 is 2.33. The maximum absolute atomic E-state index is 12.5. The van der Waals surface area contributed by atoms with Crippen LogP contribution in [0.1, 0.15) is 26.2 Å². The fourth-order valence-electron chi connectivity index (χ4n) is 2.49. The molecule has 1 aromatic heterocycles. The molecule has 1 aromatic rings. The number of aromatic nitrogens is 2. The van der Waals surface area contributed by atoms with Crippen molar-refractivity contribution in [2.24, 2.45) is 5.92 Å². The molecule has 1 unspecified atom stereocenters. The summed E-state index contributed by atoms with van der Waals surface area (Å²) in [4.78, 5) is 14.6. The van der Waals surface area contributed by atoms with E-state index in [2.05, 4.69) is 38.2 Å². The molecule has 0 aromatic carbocycles. The molecule has 5 nitrogen and oxygen atoms in total. The zero-order chi connectivity index (χ0) is 14.7. The Labute approximate surface area is 128 Å². The van der Waals surface area contributed by atoms with E-state index in [1.807, 2.05) is 14.1 Å². The van der Waals surface area contributed by atoms with Crippen molar-refractivity contribution in [2.75, 3.05) is 26.0 Å². The summed E-state index contributed by atoms with van der Waals surface area (Å²) in [7, 11) is 4.04. The third-order valence-electron chi connectivity index (χ3n) is 3.68. The number of hydrogen-bond donors (Lipinski definition) is 1. The number of nitrogens with zero attached hydrogens (tertiary/aromatic N) is 3. The predicted octanol–water partition coefficient (Wildman–Crippen LogP) is 2.17. The van der Waals surface area contributed by atoms with Crippen LogP contribution in [0.25, 0.3) is 0 Å². The Morgan fingerprint density at radius 2 is 2.25 bits per heavy atom. The van der Waals surface area contributed by atoms with Gasteiger partial charge < -0.3 is 10.2 Å². The van der Waals surface area contributed by atoms with Crippen molar-refractivity contribution in [2.45, 2.75) is 38.8 Å². The fraction of sp³-hybridized carbons (Fsp3) is 0.714. The molecule has 0 radical (unpaired) electrons. The Kier molecular flexibility index (Phi) is 5.21. The Hall–Kier alpha value is -0.880. The molecule has 0 bridgehead atoms. The number of nitrogens with one attached hydrogen (secondary N) is 1. The second kappa shape index (κ2) is 6.72.